The van der Waals surface area contributed by atoms with Crippen molar-refractivity contribution in [3.63, 3.8) is 0 Å². The average molecular weight is 902 g/mol. The molecular weight excluding hydrogens is 819 g/mol. The van der Waals surface area contributed by atoms with Gasteiger partial charge in [0.1, 0.15) is 17.8 Å². The fraction of sp³-hybridized carbons (Fsp3) is 0.935. The van der Waals surface area contributed by atoms with E-state index < -0.39 is 96.1 Å². The first-order chi connectivity index (χ1) is 29.4. The van der Waals surface area contributed by atoms with Crippen molar-refractivity contribution < 1.29 is 67.2 Å². The Labute approximate surface area is 377 Å². The number of carbonyl (C=O) groups is 3. The Hall–Kier alpha value is -2.19. The second-order valence-corrected chi connectivity index (χ2v) is 19.8. The van der Waals surface area contributed by atoms with E-state index in [2.05, 4.69) is 9.80 Å². The number of cyclic esters (lactones) is 1. The molecule has 0 bridgehead atoms. The highest BCUT2D eigenvalue weighted by molar-refractivity contribution is 5.73. The summed E-state index contributed by atoms with van der Waals surface area (Å²) in [7, 11) is 7.25. The number of aliphatic hydroxyl groups is 2. The number of hydrogen-bond donors (Lipinski definition) is 2. The van der Waals surface area contributed by atoms with E-state index in [1.54, 1.807) is 34.8 Å². The highest BCUT2D eigenvalue weighted by atomic mass is 16.8. The number of esters is 2. The molecule has 4 aliphatic rings. The number of ether oxygens (including phenoxy) is 9. The number of carbonyl (C=O) groups excluding carboxylic acids is 3. The van der Waals surface area contributed by atoms with Crippen LogP contribution >= 0.6 is 0 Å². The largest absolute Gasteiger partial charge is 0.509 e. The SMILES string of the molecule is CC[C@H]1OC(=O)[C@@H](C)[C@@H](O[C@H]2C[C@@](C)(OC)[C@@H](OC(=O)CCN(CC)CC)[C@H](C)O2)[C@H](C)[C@@H](O[C@@H]2O[C@H](C)CC(N(C)C)[C@H]2O)[C@](C)(O)C[C@@H](C)CN(C)[C@@H](C)[C@H]2OC(=O)O[C@@]21C. The summed E-state index contributed by atoms with van der Waals surface area (Å²) in [6.07, 6.45) is -8.12. The zero-order valence-electron chi connectivity index (χ0n) is 41.2. The van der Waals surface area contributed by atoms with E-state index in [0.717, 1.165) is 13.1 Å². The summed E-state index contributed by atoms with van der Waals surface area (Å²) >= 11 is 0. The molecule has 0 saturated carbocycles. The molecule has 366 valence electrons. The van der Waals surface area contributed by atoms with Crippen molar-refractivity contribution in [2.75, 3.05) is 54.4 Å². The molecule has 0 aromatic heterocycles. The van der Waals surface area contributed by atoms with Crippen LogP contribution in [0.5, 0.6) is 0 Å². The monoisotopic (exact) mass is 902 g/mol. The van der Waals surface area contributed by atoms with E-state index in [1.165, 1.54) is 0 Å². The maximum Gasteiger partial charge on any atom is 0.509 e. The molecule has 17 heteroatoms. The third-order valence-corrected chi connectivity index (χ3v) is 14.4. The fourth-order valence-electron chi connectivity index (χ4n) is 10.5. The molecule has 0 spiro atoms. The summed E-state index contributed by atoms with van der Waals surface area (Å²) in [4.78, 5) is 46.9. The molecule has 4 saturated heterocycles. The molecule has 63 heavy (non-hydrogen) atoms. The molecule has 2 N–H and O–H groups in total. The number of aliphatic hydroxyl groups excluding tert-OH is 1. The molecule has 18 atom stereocenters. The highest BCUT2D eigenvalue weighted by Crippen LogP contribution is 2.42. The summed E-state index contributed by atoms with van der Waals surface area (Å²) in [5, 5.41) is 24.5. The van der Waals surface area contributed by atoms with E-state index in [-0.39, 0.29) is 49.3 Å². The quantitative estimate of drug-likeness (QED) is 0.196. The van der Waals surface area contributed by atoms with Gasteiger partial charge in [-0.2, -0.15) is 0 Å². The van der Waals surface area contributed by atoms with Gasteiger partial charge in [0.15, 0.2) is 30.4 Å². The van der Waals surface area contributed by atoms with E-state index in [0.29, 0.717) is 25.9 Å². The van der Waals surface area contributed by atoms with E-state index in [1.807, 2.05) is 81.4 Å². The Morgan fingerprint density at radius 2 is 1.59 bits per heavy atom. The first kappa shape index (κ1) is 53.4. The number of hydrogen-bond acceptors (Lipinski definition) is 17. The van der Waals surface area contributed by atoms with Crippen molar-refractivity contribution in [1.29, 1.82) is 0 Å². The van der Waals surface area contributed by atoms with E-state index in [9.17, 15) is 24.6 Å². The van der Waals surface area contributed by atoms with Gasteiger partial charge in [0.05, 0.1) is 42.4 Å². The molecule has 4 aliphatic heterocycles. The summed E-state index contributed by atoms with van der Waals surface area (Å²) in [5.41, 5.74) is -3.97. The van der Waals surface area contributed by atoms with Crippen LogP contribution in [-0.4, -0.2) is 188 Å². The maximum atomic E-state index is 14.7. The summed E-state index contributed by atoms with van der Waals surface area (Å²) in [6, 6.07) is -0.657. The summed E-state index contributed by atoms with van der Waals surface area (Å²) < 4.78 is 56.7. The molecule has 0 amide bonds. The fourth-order valence-corrected chi connectivity index (χ4v) is 10.5. The van der Waals surface area contributed by atoms with Crippen molar-refractivity contribution in [3.8, 4) is 0 Å². The molecule has 4 rings (SSSR count). The van der Waals surface area contributed by atoms with Crippen LogP contribution in [0.2, 0.25) is 0 Å². The van der Waals surface area contributed by atoms with Gasteiger partial charge in [-0.15, -0.1) is 0 Å². The normalized spacial score (nSPS) is 43.7. The Balaban J connectivity index is 1.78. The van der Waals surface area contributed by atoms with Gasteiger partial charge in [0.25, 0.3) is 0 Å². The first-order valence-corrected chi connectivity index (χ1v) is 23.3. The van der Waals surface area contributed by atoms with Gasteiger partial charge in [0.2, 0.25) is 0 Å². The first-order valence-electron chi connectivity index (χ1n) is 23.3. The molecule has 4 heterocycles. The average Bonchev–Trinajstić information content (AvgIpc) is 3.52. The predicted molar refractivity (Wildman–Crippen MR) is 234 cm³/mol. The predicted octanol–water partition coefficient (Wildman–Crippen LogP) is 4.37. The van der Waals surface area contributed by atoms with Gasteiger partial charge in [-0.25, -0.2) is 4.79 Å². The van der Waals surface area contributed by atoms with Crippen molar-refractivity contribution >= 4 is 18.1 Å². The molecule has 17 nitrogen and oxygen atoms in total. The van der Waals surface area contributed by atoms with Crippen LogP contribution in [0, 0.1) is 17.8 Å². The Morgan fingerprint density at radius 3 is 2.17 bits per heavy atom. The maximum absolute atomic E-state index is 14.7. The Kier molecular flexibility index (Phi) is 18.7. The zero-order chi connectivity index (χ0) is 47.4. The van der Waals surface area contributed by atoms with Crippen LogP contribution in [0.25, 0.3) is 0 Å². The smallest absolute Gasteiger partial charge is 0.458 e. The highest BCUT2D eigenvalue weighted by Gasteiger charge is 2.58. The minimum Gasteiger partial charge on any atom is -0.458 e. The van der Waals surface area contributed by atoms with Gasteiger partial charge >= 0.3 is 18.1 Å². The Bertz CT molecular complexity index is 1500. The number of methoxy groups -OCH3 is 1. The number of rotatable bonds is 13. The Morgan fingerprint density at radius 1 is 0.937 bits per heavy atom. The van der Waals surface area contributed by atoms with Gasteiger partial charge in [-0.3, -0.25) is 14.5 Å². The lowest BCUT2D eigenvalue weighted by atomic mass is 9.77. The molecule has 0 radical (unpaired) electrons. The third kappa shape index (κ3) is 12.4. The third-order valence-electron chi connectivity index (χ3n) is 14.4. The number of fused-ring (bicyclic) bond motifs is 1. The molecular formula is C46H83N3O14. The summed E-state index contributed by atoms with van der Waals surface area (Å²) in [6.45, 7) is 25.1. The second kappa shape index (κ2) is 22.1. The number of nitrogens with zero attached hydrogens (tertiary/aromatic N) is 3. The minimum atomic E-state index is -1.58. The van der Waals surface area contributed by atoms with Crippen LogP contribution < -0.4 is 0 Å². The molecule has 0 aromatic rings. The molecule has 0 aliphatic carbocycles. The van der Waals surface area contributed by atoms with Crippen molar-refractivity contribution in [1.82, 2.24) is 14.7 Å². The van der Waals surface area contributed by atoms with Gasteiger partial charge in [0, 0.05) is 44.6 Å². The van der Waals surface area contributed by atoms with Crippen LogP contribution in [0.1, 0.15) is 115 Å². The van der Waals surface area contributed by atoms with Gasteiger partial charge in [-0.1, -0.05) is 34.6 Å². The van der Waals surface area contributed by atoms with Crippen LogP contribution in [0.3, 0.4) is 0 Å². The standard InChI is InChI=1S/C46H83N3O14/c1-17-33-46(12)39(62-43(53)63-46)30(8)48(15)25-26(4)23-44(10,54)38(61-42-36(51)32(47(13)14)22-27(5)56-42)28(6)37(29(7)41(52)58-33)60-35-24-45(11,55-16)40(31(9)57-35)59-34(50)20-21-49(18-2)19-3/h26-33,35-40,42,51,54H,17-25H2,1-16H3/t26-,27-,28+,29+,30+,31+,32?,33-,35+,36-,37+,38-,39-,40+,42+,44-,45-,46-/m1/s1. The molecule has 4 fully saturated rings. The number of likely N-dealkylation sites (N-methyl/N-ethyl adjacent to an activating group) is 2. The molecule has 0 aromatic carbocycles. The van der Waals surface area contributed by atoms with Gasteiger partial charge in [-0.05, 0) is 108 Å². The van der Waals surface area contributed by atoms with Crippen molar-refractivity contribution in [3.05, 3.63) is 0 Å². The van der Waals surface area contributed by atoms with Crippen LogP contribution in [0.15, 0.2) is 0 Å². The lowest BCUT2D eigenvalue weighted by Gasteiger charge is -2.49. The van der Waals surface area contributed by atoms with E-state index in [4.69, 9.17) is 42.6 Å². The topological polar surface area (TPSA) is 184 Å². The second-order valence-electron chi connectivity index (χ2n) is 19.8. The van der Waals surface area contributed by atoms with Crippen molar-refractivity contribution in [2.45, 2.75) is 205 Å². The zero-order valence-corrected chi connectivity index (χ0v) is 41.2. The minimum absolute atomic E-state index is 0.118. The lowest BCUT2D eigenvalue weighted by molar-refractivity contribution is -0.318. The van der Waals surface area contributed by atoms with Crippen LogP contribution in [0.4, 0.5) is 4.79 Å². The van der Waals surface area contributed by atoms with E-state index >= 15 is 0 Å². The molecule has 1 unspecified atom stereocenters. The van der Waals surface area contributed by atoms with Crippen molar-refractivity contribution in [2.24, 2.45) is 17.8 Å². The van der Waals surface area contributed by atoms with Gasteiger partial charge < -0.3 is 62.6 Å². The van der Waals surface area contributed by atoms with Crippen LogP contribution in [-0.2, 0) is 52.2 Å². The summed E-state index contributed by atoms with van der Waals surface area (Å²) in [5.74, 6) is -2.95. The lowest BCUT2D eigenvalue weighted by Crippen LogP contribution is -2.61.